The molecule has 0 N–H and O–H groups in total. The molecule has 0 spiro atoms. The van der Waals surface area contributed by atoms with Crippen molar-refractivity contribution in [1.29, 1.82) is 0 Å². The van der Waals surface area contributed by atoms with Gasteiger partial charge in [-0.1, -0.05) is 72.8 Å². The number of fused-ring (bicyclic) bond motifs is 1. The van der Waals surface area contributed by atoms with Gasteiger partial charge in [0, 0.05) is 39.6 Å². The Kier molecular flexibility index (Phi) is 7.08. The fraction of sp³-hybridized carbons (Fsp3) is 0. The van der Waals surface area contributed by atoms with Crippen LogP contribution in [0.15, 0.2) is 146 Å². The van der Waals surface area contributed by atoms with Crippen molar-refractivity contribution in [2.24, 2.45) is 0 Å². The van der Waals surface area contributed by atoms with E-state index in [9.17, 15) is 13.2 Å². The highest BCUT2D eigenvalue weighted by atomic mass is 19.1. The van der Waals surface area contributed by atoms with Crippen LogP contribution >= 0.6 is 0 Å². The molecule has 1 heterocycles. The Morgan fingerprint density at radius 3 is 1.73 bits per heavy atom. The van der Waals surface area contributed by atoms with Crippen LogP contribution in [0.2, 0.25) is 0 Å². The molecular weight excluding hydrogens is 555 g/mol. The molecule has 0 saturated heterocycles. The molecule has 0 fully saturated rings. The van der Waals surface area contributed by atoms with E-state index < -0.39 is 11.6 Å². The van der Waals surface area contributed by atoms with Crippen LogP contribution in [0.4, 0.5) is 30.2 Å². The zero-order chi connectivity index (χ0) is 30.0. The van der Waals surface area contributed by atoms with Gasteiger partial charge in [0.05, 0.1) is 11.2 Å². The van der Waals surface area contributed by atoms with E-state index in [2.05, 4.69) is 0 Å². The van der Waals surface area contributed by atoms with Crippen molar-refractivity contribution in [2.75, 3.05) is 4.90 Å². The third-order valence-electron chi connectivity index (χ3n) is 7.40. The number of hydrogen-bond acceptors (Lipinski definition) is 3. The number of halogens is 3. The highest BCUT2D eigenvalue weighted by molar-refractivity contribution is 5.97. The number of aromatic nitrogens is 2. The van der Waals surface area contributed by atoms with Gasteiger partial charge in [0.1, 0.15) is 17.5 Å². The standard InChI is InChI=1S/C38H24F3N3/c39-29-14-16-32(17-15-29)44(33-13-7-12-27(22-33)28-20-30(40)23-31(41)21-28)34-18-19-36-35(24-34)37(25-8-3-1-4-9-25)43-38(42-36)26-10-5-2-6-11-26/h1-24H. The molecule has 0 amide bonds. The van der Waals surface area contributed by atoms with E-state index in [0.717, 1.165) is 45.2 Å². The Morgan fingerprint density at radius 2 is 1.02 bits per heavy atom. The summed E-state index contributed by atoms with van der Waals surface area (Å²) in [6.45, 7) is 0. The molecule has 6 aromatic carbocycles. The zero-order valence-corrected chi connectivity index (χ0v) is 23.3. The van der Waals surface area contributed by atoms with Crippen LogP contribution in [-0.2, 0) is 0 Å². The van der Waals surface area contributed by atoms with E-state index in [4.69, 9.17) is 9.97 Å². The van der Waals surface area contributed by atoms with Crippen molar-refractivity contribution >= 4 is 28.0 Å². The fourth-order valence-corrected chi connectivity index (χ4v) is 5.37. The molecule has 3 nitrogen and oxygen atoms in total. The van der Waals surface area contributed by atoms with Crippen LogP contribution in [0.1, 0.15) is 0 Å². The summed E-state index contributed by atoms with van der Waals surface area (Å²) in [5.41, 5.74) is 6.65. The maximum Gasteiger partial charge on any atom is 0.160 e. The second-order valence-corrected chi connectivity index (χ2v) is 10.3. The molecule has 212 valence electrons. The molecule has 1 aromatic heterocycles. The van der Waals surface area contributed by atoms with Crippen molar-refractivity contribution in [3.63, 3.8) is 0 Å². The molecule has 0 radical (unpaired) electrons. The Morgan fingerprint density at radius 1 is 0.409 bits per heavy atom. The van der Waals surface area contributed by atoms with Gasteiger partial charge >= 0.3 is 0 Å². The van der Waals surface area contributed by atoms with Gasteiger partial charge in [-0.05, 0) is 77.9 Å². The second kappa shape index (κ2) is 11.5. The van der Waals surface area contributed by atoms with Gasteiger partial charge in [-0.15, -0.1) is 0 Å². The average molecular weight is 580 g/mol. The summed E-state index contributed by atoms with van der Waals surface area (Å²) in [5, 5.41) is 0.837. The van der Waals surface area contributed by atoms with Crippen molar-refractivity contribution in [3.05, 3.63) is 163 Å². The van der Waals surface area contributed by atoms with E-state index in [1.807, 2.05) is 102 Å². The summed E-state index contributed by atoms with van der Waals surface area (Å²) in [7, 11) is 0. The van der Waals surface area contributed by atoms with Gasteiger partial charge in [0.15, 0.2) is 5.82 Å². The molecule has 0 saturated carbocycles. The van der Waals surface area contributed by atoms with Crippen LogP contribution in [0.25, 0.3) is 44.7 Å². The van der Waals surface area contributed by atoms with E-state index in [-0.39, 0.29) is 5.82 Å². The molecule has 7 rings (SSSR count). The van der Waals surface area contributed by atoms with Crippen molar-refractivity contribution in [3.8, 4) is 33.8 Å². The van der Waals surface area contributed by atoms with E-state index in [1.165, 1.54) is 24.3 Å². The largest absolute Gasteiger partial charge is 0.310 e. The van der Waals surface area contributed by atoms with Gasteiger partial charge in [-0.25, -0.2) is 23.1 Å². The monoisotopic (exact) mass is 579 g/mol. The molecule has 0 unspecified atom stereocenters. The van der Waals surface area contributed by atoms with Crippen LogP contribution in [0.5, 0.6) is 0 Å². The lowest BCUT2D eigenvalue weighted by molar-refractivity contribution is 0.584. The van der Waals surface area contributed by atoms with E-state index in [1.54, 1.807) is 18.2 Å². The number of hydrogen-bond donors (Lipinski definition) is 0. The maximum absolute atomic E-state index is 14.1. The number of rotatable bonds is 6. The molecule has 0 aliphatic rings. The first-order valence-electron chi connectivity index (χ1n) is 14.1. The van der Waals surface area contributed by atoms with Crippen LogP contribution < -0.4 is 4.90 Å². The van der Waals surface area contributed by atoms with E-state index in [0.29, 0.717) is 22.6 Å². The third-order valence-corrected chi connectivity index (χ3v) is 7.40. The smallest absolute Gasteiger partial charge is 0.160 e. The zero-order valence-electron chi connectivity index (χ0n) is 23.3. The Bertz CT molecular complexity index is 2080. The predicted octanol–water partition coefficient (Wildman–Crippen LogP) is 10.5. The fourth-order valence-electron chi connectivity index (χ4n) is 5.37. The van der Waals surface area contributed by atoms with Crippen molar-refractivity contribution < 1.29 is 13.2 Å². The normalized spacial score (nSPS) is 11.1. The highest BCUT2D eigenvalue weighted by Crippen LogP contribution is 2.39. The summed E-state index contributed by atoms with van der Waals surface area (Å²) >= 11 is 0. The first kappa shape index (κ1) is 27.1. The average Bonchev–Trinajstić information content (AvgIpc) is 3.06. The maximum atomic E-state index is 14.1. The summed E-state index contributed by atoms with van der Waals surface area (Å²) in [6.07, 6.45) is 0. The van der Waals surface area contributed by atoms with Crippen LogP contribution in [0, 0.1) is 17.5 Å². The molecule has 0 bridgehead atoms. The minimum Gasteiger partial charge on any atom is -0.310 e. The lowest BCUT2D eigenvalue weighted by Crippen LogP contribution is -2.10. The number of nitrogens with zero attached hydrogens (tertiary/aromatic N) is 3. The first-order chi connectivity index (χ1) is 21.5. The Balaban J connectivity index is 1.43. The molecule has 0 aliphatic heterocycles. The highest BCUT2D eigenvalue weighted by Gasteiger charge is 2.18. The summed E-state index contributed by atoms with van der Waals surface area (Å²) in [6, 6.07) is 42.7. The van der Waals surface area contributed by atoms with E-state index >= 15 is 0 Å². The van der Waals surface area contributed by atoms with Crippen molar-refractivity contribution in [1.82, 2.24) is 9.97 Å². The van der Waals surface area contributed by atoms with Gasteiger partial charge in [-0.2, -0.15) is 0 Å². The lowest BCUT2D eigenvalue weighted by atomic mass is 10.0. The summed E-state index contributed by atoms with van der Waals surface area (Å²) in [5.74, 6) is -1.04. The first-order valence-corrected chi connectivity index (χ1v) is 14.1. The summed E-state index contributed by atoms with van der Waals surface area (Å²) in [4.78, 5) is 11.9. The van der Waals surface area contributed by atoms with Crippen LogP contribution in [0.3, 0.4) is 0 Å². The van der Waals surface area contributed by atoms with Gasteiger partial charge < -0.3 is 4.90 Å². The minimum absolute atomic E-state index is 0.357. The number of benzene rings is 6. The topological polar surface area (TPSA) is 29.0 Å². The quantitative estimate of drug-likeness (QED) is 0.196. The molecule has 44 heavy (non-hydrogen) atoms. The number of anilines is 3. The summed E-state index contributed by atoms with van der Waals surface area (Å²) < 4.78 is 42.2. The minimum atomic E-state index is -0.654. The second-order valence-electron chi connectivity index (χ2n) is 10.3. The Labute approximate surface area is 252 Å². The molecule has 0 aliphatic carbocycles. The Hall–Kier alpha value is -5.75. The SMILES string of the molecule is Fc1ccc(N(c2cccc(-c3cc(F)cc(F)c3)c2)c2ccc3nc(-c4ccccc4)nc(-c4ccccc4)c3c2)cc1. The molecular formula is C38H24F3N3. The van der Waals surface area contributed by atoms with Crippen molar-refractivity contribution in [2.45, 2.75) is 0 Å². The molecule has 6 heteroatoms. The predicted molar refractivity (Wildman–Crippen MR) is 170 cm³/mol. The van der Waals surface area contributed by atoms with Gasteiger partial charge in [0.25, 0.3) is 0 Å². The van der Waals surface area contributed by atoms with Crippen LogP contribution in [-0.4, -0.2) is 9.97 Å². The van der Waals surface area contributed by atoms with Gasteiger partial charge in [-0.3, -0.25) is 0 Å². The van der Waals surface area contributed by atoms with Gasteiger partial charge in [0.2, 0.25) is 0 Å². The lowest BCUT2D eigenvalue weighted by Gasteiger charge is -2.26. The molecule has 7 aromatic rings. The third kappa shape index (κ3) is 5.41. The molecule has 0 atom stereocenters.